The zero-order valence-electron chi connectivity index (χ0n) is 11.0. The van der Waals surface area contributed by atoms with Crippen LogP contribution in [0.4, 0.5) is 0 Å². The topological polar surface area (TPSA) is 46.9 Å². The van der Waals surface area contributed by atoms with Gasteiger partial charge in [-0.15, -0.1) is 0 Å². The average Bonchev–Trinajstić information content (AvgIpc) is 2.68. The largest absolute Gasteiger partial charge is 0.348 e. The zero-order valence-corrected chi connectivity index (χ0v) is 11.0. The second-order valence-electron chi connectivity index (χ2n) is 5.19. The number of carbonyl (C=O) groups is 1. The number of aromatic nitrogens is 2. The van der Waals surface area contributed by atoms with E-state index in [-0.39, 0.29) is 17.4 Å². The van der Waals surface area contributed by atoms with Crippen molar-refractivity contribution in [3.63, 3.8) is 0 Å². The standard InChI is InChI=1S/C13H21N3O/c1-5-6-12(17)15-11(13(2,3)4)9-16-8-7-14-10-16/h5-8,10-11H,9H2,1-4H3,(H,15,17). The fourth-order valence-electron chi connectivity index (χ4n) is 1.51. The summed E-state index contributed by atoms with van der Waals surface area (Å²) in [5.41, 5.74) is 0.00150. The fourth-order valence-corrected chi connectivity index (χ4v) is 1.51. The van der Waals surface area contributed by atoms with Crippen molar-refractivity contribution < 1.29 is 4.79 Å². The maximum atomic E-state index is 11.6. The van der Waals surface area contributed by atoms with Crippen LogP contribution in [-0.2, 0) is 11.3 Å². The van der Waals surface area contributed by atoms with E-state index < -0.39 is 0 Å². The van der Waals surface area contributed by atoms with E-state index in [4.69, 9.17) is 0 Å². The lowest BCUT2D eigenvalue weighted by atomic mass is 9.86. The van der Waals surface area contributed by atoms with Gasteiger partial charge in [0.1, 0.15) is 0 Å². The maximum absolute atomic E-state index is 11.6. The van der Waals surface area contributed by atoms with Gasteiger partial charge in [-0.3, -0.25) is 4.79 Å². The molecule has 1 rings (SSSR count). The first-order chi connectivity index (χ1) is 7.93. The molecule has 0 saturated carbocycles. The maximum Gasteiger partial charge on any atom is 0.243 e. The van der Waals surface area contributed by atoms with E-state index in [9.17, 15) is 4.79 Å². The molecule has 0 aromatic carbocycles. The van der Waals surface area contributed by atoms with Crippen molar-refractivity contribution in [3.05, 3.63) is 30.9 Å². The predicted octanol–water partition coefficient (Wildman–Crippen LogP) is 1.99. The Morgan fingerprint density at radius 2 is 2.24 bits per heavy atom. The molecule has 0 spiro atoms. The van der Waals surface area contributed by atoms with Crippen LogP contribution in [0, 0.1) is 5.41 Å². The Morgan fingerprint density at radius 1 is 1.53 bits per heavy atom. The number of nitrogens with zero attached hydrogens (tertiary/aromatic N) is 2. The highest BCUT2D eigenvalue weighted by molar-refractivity contribution is 5.87. The number of nitrogens with one attached hydrogen (secondary N) is 1. The summed E-state index contributed by atoms with van der Waals surface area (Å²) in [4.78, 5) is 15.6. The van der Waals surface area contributed by atoms with Crippen LogP contribution in [0.3, 0.4) is 0 Å². The van der Waals surface area contributed by atoms with Gasteiger partial charge in [-0.2, -0.15) is 0 Å². The van der Waals surface area contributed by atoms with Crippen molar-refractivity contribution in [2.75, 3.05) is 0 Å². The van der Waals surface area contributed by atoms with E-state index in [1.165, 1.54) is 0 Å². The van der Waals surface area contributed by atoms with Gasteiger partial charge in [-0.05, 0) is 18.4 Å². The molecule has 0 bridgehead atoms. The third kappa shape index (κ3) is 4.43. The minimum atomic E-state index is -0.0486. The second kappa shape index (κ2) is 5.66. The van der Waals surface area contributed by atoms with Gasteiger partial charge in [0.2, 0.25) is 5.91 Å². The Balaban J connectivity index is 2.71. The Labute approximate surface area is 103 Å². The Bertz CT molecular complexity index is 374. The quantitative estimate of drug-likeness (QED) is 0.811. The summed E-state index contributed by atoms with van der Waals surface area (Å²) >= 11 is 0. The molecule has 1 aromatic heterocycles. The lowest BCUT2D eigenvalue weighted by Crippen LogP contribution is -2.45. The Hall–Kier alpha value is -1.58. The summed E-state index contributed by atoms with van der Waals surface area (Å²) < 4.78 is 1.98. The first-order valence-corrected chi connectivity index (χ1v) is 5.82. The molecule has 4 nitrogen and oxygen atoms in total. The normalized spacial score (nSPS) is 13.9. The van der Waals surface area contributed by atoms with E-state index >= 15 is 0 Å². The summed E-state index contributed by atoms with van der Waals surface area (Å²) in [6.07, 6.45) is 8.70. The average molecular weight is 235 g/mol. The van der Waals surface area contributed by atoms with E-state index in [1.54, 1.807) is 24.7 Å². The monoisotopic (exact) mass is 235 g/mol. The lowest BCUT2D eigenvalue weighted by molar-refractivity contribution is -0.118. The van der Waals surface area contributed by atoms with Crippen LogP contribution in [0.1, 0.15) is 27.7 Å². The molecule has 0 aliphatic carbocycles. The van der Waals surface area contributed by atoms with E-state index in [0.717, 1.165) is 6.54 Å². The number of allylic oxidation sites excluding steroid dienone is 1. The molecule has 0 aliphatic heterocycles. The van der Waals surface area contributed by atoms with Crippen molar-refractivity contribution in [2.24, 2.45) is 5.41 Å². The molecular weight excluding hydrogens is 214 g/mol. The smallest absolute Gasteiger partial charge is 0.243 e. The number of hydrogen-bond acceptors (Lipinski definition) is 2. The van der Waals surface area contributed by atoms with Gasteiger partial charge in [0.05, 0.1) is 12.4 Å². The molecule has 1 N–H and O–H groups in total. The van der Waals surface area contributed by atoms with Crippen molar-refractivity contribution in [3.8, 4) is 0 Å². The van der Waals surface area contributed by atoms with E-state index in [2.05, 4.69) is 31.1 Å². The molecule has 0 radical (unpaired) electrons. The zero-order chi connectivity index (χ0) is 12.9. The highest BCUT2D eigenvalue weighted by Crippen LogP contribution is 2.20. The van der Waals surface area contributed by atoms with Crippen LogP contribution < -0.4 is 5.32 Å². The fraction of sp³-hybridized carbons (Fsp3) is 0.538. The summed E-state index contributed by atoms with van der Waals surface area (Å²) in [7, 11) is 0. The van der Waals surface area contributed by atoms with Gasteiger partial charge < -0.3 is 9.88 Å². The van der Waals surface area contributed by atoms with Gasteiger partial charge in [0.15, 0.2) is 0 Å². The van der Waals surface area contributed by atoms with Crippen LogP contribution in [-0.4, -0.2) is 21.5 Å². The summed E-state index contributed by atoms with van der Waals surface area (Å²) in [6, 6.07) is 0.0698. The van der Waals surface area contributed by atoms with Gasteiger partial charge in [0, 0.05) is 18.9 Å². The van der Waals surface area contributed by atoms with Crippen molar-refractivity contribution in [2.45, 2.75) is 40.3 Å². The van der Waals surface area contributed by atoms with E-state index in [1.807, 2.05) is 17.7 Å². The van der Waals surface area contributed by atoms with Crippen LogP contribution in [0.25, 0.3) is 0 Å². The van der Waals surface area contributed by atoms with Crippen molar-refractivity contribution >= 4 is 5.91 Å². The number of carbonyl (C=O) groups excluding carboxylic acids is 1. The van der Waals surface area contributed by atoms with Crippen molar-refractivity contribution in [1.82, 2.24) is 14.9 Å². The second-order valence-corrected chi connectivity index (χ2v) is 5.19. The molecule has 0 saturated heterocycles. The molecule has 0 fully saturated rings. The highest BCUT2D eigenvalue weighted by atomic mass is 16.1. The minimum absolute atomic E-state index is 0.00150. The molecule has 1 heterocycles. The summed E-state index contributed by atoms with van der Waals surface area (Å²) in [5, 5.41) is 3.02. The lowest BCUT2D eigenvalue weighted by Gasteiger charge is -2.31. The molecule has 17 heavy (non-hydrogen) atoms. The van der Waals surface area contributed by atoms with Gasteiger partial charge in [-0.1, -0.05) is 26.8 Å². The van der Waals surface area contributed by atoms with Crippen LogP contribution >= 0.6 is 0 Å². The molecule has 1 aromatic rings. The highest BCUT2D eigenvalue weighted by Gasteiger charge is 2.25. The van der Waals surface area contributed by atoms with Crippen molar-refractivity contribution in [1.29, 1.82) is 0 Å². The van der Waals surface area contributed by atoms with Gasteiger partial charge in [0.25, 0.3) is 0 Å². The SMILES string of the molecule is CC=CC(=O)NC(Cn1ccnc1)C(C)(C)C. The molecule has 1 unspecified atom stereocenters. The molecule has 1 atom stereocenters. The third-order valence-electron chi connectivity index (χ3n) is 2.63. The molecule has 0 aliphatic rings. The molecule has 4 heteroatoms. The summed E-state index contributed by atoms with van der Waals surface area (Å²) in [6.45, 7) is 8.91. The Morgan fingerprint density at radius 3 is 2.71 bits per heavy atom. The number of hydrogen-bond donors (Lipinski definition) is 1. The van der Waals surface area contributed by atoms with Gasteiger partial charge >= 0.3 is 0 Å². The predicted molar refractivity (Wildman–Crippen MR) is 68.4 cm³/mol. The molecular formula is C13H21N3O. The minimum Gasteiger partial charge on any atom is -0.348 e. The first kappa shape index (κ1) is 13.5. The third-order valence-corrected chi connectivity index (χ3v) is 2.63. The number of imidazole rings is 1. The molecule has 94 valence electrons. The van der Waals surface area contributed by atoms with Crippen LogP contribution in [0.2, 0.25) is 0 Å². The number of amides is 1. The molecule has 1 amide bonds. The van der Waals surface area contributed by atoms with Crippen LogP contribution in [0.5, 0.6) is 0 Å². The van der Waals surface area contributed by atoms with Gasteiger partial charge in [-0.25, -0.2) is 4.98 Å². The van der Waals surface area contributed by atoms with E-state index in [0.29, 0.717) is 0 Å². The Kier molecular flexibility index (Phi) is 4.49. The first-order valence-electron chi connectivity index (χ1n) is 5.82. The van der Waals surface area contributed by atoms with Crippen LogP contribution in [0.15, 0.2) is 30.9 Å². The number of rotatable bonds is 4. The summed E-state index contributed by atoms with van der Waals surface area (Å²) in [5.74, 6) is -0.0486.